The van der Waals surface area contributed by atoms with Gasteiger partial charge < -0.3 is 10.2 Å². The van der Waals surface area contributed by atoms with Crippen LogP contribution in [0.4, 0.5) is 5.69 Å². The zero-order valence-electron chi connectivity index (χ0n) is 9.13. The molecule has 0 saturated heterocycles. The van der Waals surface area contributed by atoms with Crippen LogP contribution < -0.4 is 16.5 Å². The SMILES string of the molecule is Nc1cccc(-c2nc3c(o2)=CCC=NC=3)c1. The van der Waals surface area contributed by atoms with E-state index < -0.39 is 0 Å². The van der Waals surface area contributed by atoms with Crippen LogP contribution in [0.3, 0.4) is 0 Å². The summed E-state index contributed by atoms with van der Waals surface area (Å²) in [5, 5.41) is 0.760. The first-order chi connectivity index (χ1) is 8.33. The monoisotopic (exact) mass is 225 g/mol. The molecule has 1 aromatic carbocycles. The summed E-state index contributed by atoms with van der Waals surface area (Å²) in [4.78, 5) is 8.51. The molecule has 0 aliphatic carbocycles. The summed E-state index contributed by atoms with van der Waals surface area (Å²) in [6, 6.07) is 7.48. The fourth-order valence-corrected chi connectivity index (χ4v) is 1.72. The van der Waals surface area contributed by atoms with Crippen molar-refractivity contribution in [2.45, 2.75) is 6.42 Å². The second kappa shape index (κ2) is 3.90. The van der Waals surface area contributed by atoms with Gasteiger partial charge >= 0.3 is 0 Å². The minimum absolute atomic E-state index is 0.576. The molecule has 2 heterocycles. The number of fused-ring (bicyclic) bond motifs is 1. The summed E-state index contributed by atoms with van der Waals surface area (Å²) in [6.45, 7) is 0. The molecule has 1 aromatic heterocycles. The van der Waals surface area contributed by atoms with Crippen LogP contribution in [0.5, 0.6) is 0 Å². The Morgan fingerprint density at radius 1 is 1.29 bits per heavy atom. The maximum atomic E-state index is 5.73. The second-order valence-corrected chi connectivity index (χ2v) is 3.79. The van der Waals surface area contributed by atoms with Crippen LogP contribution in [0, 0.1) is 0 Å². The predicted molar refractivity (Wildman–Crippen MR) is 67.6 cm³/mol. The van der Waals surface area contributed by atoms with E-state index in [1.165, 1.54) is 0 Å². The van der Waals surface area contributed by atoms with Gasteiger partial charge in [0.05, 0.1) is 6.20 Å². The highest BCUT2D eigenvalue weighted by Gasteiger charge is 2.06. The molecule has 1 aliphatic heterocycles. The van der Waals surface area contributed by atoms with Gasteiger partial charge in [0.1, 0.15) is 5.35 Å². The summed E-state index contributed by atoms with van der Waals surface area (Å²) >= 11 is 0. The molecule has 0 fully saturated rings. The molecule has 0 unspecified atom stereocenters. The van der Waals surface area contributed by atoms with E-state index >= 15 is 0 Å². The number of aliphatic imine (C=N–C) groups is 1. The van der Waals surface area contributed by atoms with Crippen molar-refractivity contribution in [2.75, 3.05) is 5.73 Å². The Balaban J connectivity index is 2.18. The smallest absolute Gasteiger partial charge is 0.227 e. The Labute approximate surface area is 97.8 Å². The van der Waals surface area contributed by atoms with Gasteiger partial charge in [-0.05, 0) is 24.3 Å². The number of nitrogens with two attached hydrogens (primary N) is 1. The standard InChI is InChI=1S/C13H11N3O/c14-10-4-1-3-9(7-10)13-16-11-8-15-6-2-5-12(11)17-13/h1,3-8H,2,14H2. The molecule has 0 bridgehead atoms. The van der Waals surface area contributed by atoms with E-state index in [1.54, 1.807) is 6.20 Å². The fourth-order valence-electron chi connectivity index (χ4n) is 1.72. The van der Waals surface area contributed by atoms with Crippen LogP contribution >= 0.6 is 0 Å². The van der Waals surface area contributed by atoms with Gasteiger partial charge in [0.15, 0.2) is 5.42 Å². The zero-order valence-corrected chi connectivity index (χ0v) is 9.13. The molecule has 3 rings (SSSR count). The molecule has 0 spiro atoms. The number of rotatable bonds is 1. The quantitative estimate of drug-likeness (QED) is 0.734. The van der Waals surface area contributed by atoms with Crippen molar-refractivity contribution in [3.8, 4) is 11.5 Å². The van der Waals surface area contributed by atoms with Crippen molar-refractivity contribution in [1.82, 2.24) is 4.98 Å². The van der Waals surface area contributed by atoms with Gasteiger partial charge in [0.25, 0.3) is 0 Å². The Hall–Kier alpha value is -2.36. The lowest BCUT2D eigenvalue weighted by Gasteiger charge is -1.96. The molecule has 2 aromatic rings. The van der Waals surface area contributed by atoms with E-state index in [9.17, 15) is 0 Å². The minimum Gasteiger partial charge on any atom is -0.436 e. The van der Waals surface area contributed by atoms with E-state index in [2.05, 4.69) is 9.98 Å². The van der Waals surface area contributed by atoms with Crippen molar-refractivity contribution in [3.05, 3.63) is 35.0 Å². The first-order valence-electron chi connectivity index (χ1n) is 5.38. The van der Waals surface area contributed by atoms with Crippen molar-refractivity contribution in [2.24, 2.45) is 4.99 Å². The average Bonchev–Trinajstić information content (AvgIpc) is 2.61. The predicted octanol–water partition coefficient (Wildman–Crippen LogP) is 0.917. The summed E-state index contributed by atoms with van der Waals surface area (Å²) < 4.78 is 5.69. The van der Waals surface area contributed by atoms with Gasteiger partial charge in [-0.2, -0.15) is 0 Å². The Morgan fingerprint density at radius 3 is 3.12 bits per heavy atom. The molecule has 0 amide bonds. The van der Waals surface area contributed by atoms with Gasteiger partial charge in [-0.15, -0.1) is 0 Å². The van der Waals surface area contributed by atoms with Crippen LogP contribution in [-0.4, -0.2) is 11.2 Å². The number of benzene rings is 1. The Kier molecular flexibility index (Phi) is 2.26. The highest BCUT2D eigenvalue weighted by atomic mass is 16.3. The molecule has 0 radical (unpaired) electrons. The van der Waals surface area contributed by atoms with Crippen molar-refractivity contribution < 1.29 is 4.42 Å². The highest BCUT2D eigenvalue weighted by Crippen LogP contribution is 2.17. The summed E-state index contributed by atoms with van der Waals surface area (Å²) in [5.74, 6) is 0.576. The van der Waals surface area contributed by atoms with Crippen LogP contribution in [0.25, 0.3) is 23.7 Å². The number of oxazole rings is 1. The number of nitrogen functional groups attached to an aromatic ring is 1. The van der Waals surface area contributed by atoms with Crippen molar-refractivity contribution >= 4 is 24.2 Å². The molecule has 4 heteroatoms. The Morgan fingerprint density at radius 2 is 2.24 bits per heavy atom. The number of hydrogen-bond acceptors (Lipinski definition) is 4. The number of nitrogens with zero attached hydrogens (tertiary/aromatic N) is 2. The number of hydrogen-bond donors (Lipinski definition) is 1. The fraction of sp³-hybridized carbons (Fsp3) is 0.0769. The van der Waals surface area contributed by atoms with E-state index in [1.807, 2.05) is 36.6 Å². The van der Waals surface area contributed by atoms with Gasteiger partial charge in [-0.1, -0.05) is 6.07 Å². The van der Waals surface area contributed by atoms with Gasteiger partial charge in [0.2, 0.25) is 5.89 Å². The second-order valence-electron chi connectivity index (χ2n) is 3.79. The Bertz CT molecular complexity index is 698. The van der Waals surface area contributed by atoms with Crippen LogP contribution in [0.2, 0.25) is 0 Å². The molecular weight excluding hydrogens is 214 g/mol. The van der Waals surface area contributed by atoms with Crippen LogP contribution in [-0.2, 0) is 0 Å². The van der Waals surface area contributed by atoms with Crippen LogP contribution in [0.15, 0.2) is 33.7 Å². The number of aromatic nitrogens is 1. The average molecular weight is 225 g/mol. The van der Waals surface area contributed by atoms with E-state index in [4.69, 9.17) is 10.2 Å². The molecule has 17 heavy (non-hydrogen) atoms. The third-order valence-electron chi connectivity index (χ3n) is 2.53. The molecule has 84 valence electrons. The third kappa shape index (κ3) is 1.85. The van der Waals surface area contributed by atoms with Crippen molar-refractivity contribution in [3.63, 3.8) is 0 Å². The molecule has 0 atom stereocenters. The topological polar surface area (TPSA) is 64.4 Å². The molecule has 2 N–H and O–H groups in total. The largest absolute Gasteiger partial charge is 0.436 e. The van der Waals surface area contributed by atoms with Gasteiger partial charge in [-0.25, -0.2) is 4.98 Å². The molecule has 0 saturated carbocycles. The molecule has 1 aliphatic rings. The maximum Gasteiger partial charge on any atom is 0.227 e. The summed E-state index contributed by atoms with van der Waals surface area (Å²) in [5.41, 5.74) is 8.07. The lowest BCUT2D eigenvalue weighted by atomic mass is 10.2. The van der Waals surface area contributed by atoms with Gasteiger partial charge in [0, 0.05) is 23.9 Å². The lowest BCUT2D eigenvalue weighted by Crippen LogP contribution is -2.20. The minimum atomic E-state index is 0.576. The zero-order chi connectivity index (χ0) is 11.7. The maximum absolute atomic E-state index is 5.73. The molecular formula is C13H11N3O. The summed E-state index contributed by atoms with van der Waals surface area (Å²) in [6.07, 6.45) is 6.25. The highest BCUT2D eigenvalue weighted by molar-refractivity contribution is 5.69. The number of anilines is 1. The van der Waals surface area contributed by atoms with Gasteiger partial charge in [-0.3, -0.25) is 4.99 Å². The molecule has 4 nitrogen and oxygen atoms in total. The van der Waals surface area contributed by atoms with E-state index in [0.29, 0.717) is 11.6 Å². The normalized spacial score (nSPS) is 13.4. The van der Waals surface area contributed by atoms with Crippen LogP contribution in [0.1, 0.15) is 6.42 Å². The van der Waals surface area contributed by atoms with E-state index in [-0.39, 0.29) is 0 Å². The third-order valence-corrected chi connectivity index (χ3v) is 2.53. The first kappa shape index (κ1) is 9.84. The first-order valence-corrected chi connectivity index (χ1v) is 5.38. The van der Waals surface area contributed by atoms with Crippen molar-refractivity contribution in [1.29, 1.82) is 0 Å². The van der Waals surface area contributed by atoms with E-state index in [0.717, 1.165) is 22.7 Å². The lowest BCUT2D eigenvalue weighted by molar-refractivity contribution is 0.539. The summed E-state index contributed by atoms with van der Waals surface area (Å²) in [7, 11) is 0.